The number of nitrogens with two attached hydrogens (primary N) is 1. The molecule has 1 aliphatic rings. The Labute approximate surface area is 190 Å². The van der Waals surface area contributed by atoms with Gasteiger partial charge >= 0.3 is 0 Å². The SMILES string of the molecule is CN1CCN(c2nc(-c3ccc(F)c(Cl)c3)c3c(N)n(Cc4ccccc4)nc3n2)CC1. The van der Waals surface area contributed by atoms with Crippen LogP contribution in [0.2, 0.25) is 5.02 Å². The van der Waals surface area contributed by atoms with E-state index in [1.807, 2.05) is 30.3 Å². The monoisotopic (exact) mass is 451 g/mol. The molecule has 7 nitrogen and oxygen atoms in total. The second-order valence-corrected chi connectivity index (χ2v) is 8.43. The van der Waals surface area contributed by atoms with E-state index in [1.54, 1.807) is 16.8 Å². The van der Waals surface area contributed by atoms with Crippen LogP contribution in [0.15, 0.2) is 48.5 Å². The zero-order valence-corrected chi connectivity index (χ0v) is 18.4. The van der Waals surface area contributed by atoms with E-state index in [9.17, 15) is 4.39 Å². The van der Waals surface area contributed by atoms with Crippen molar-refractivity contribution in [2.45, 2.75) is 6.54 Å². The number of likely N-dealkylation sites (N-methyl/N-ethyl adjacent to an activating group) is 1. The molecule has 2 N–H and O–H groups in total. The van der Waals surface area contributed by atoms with Crippen LogP contribution in [-0.4, -0.2) is 57.9 Å². The molecule has 0 aliphatic carbocycles. The van der Waals surface area contributed by atoms with Crippen molar-refractivity contribution in [3.8, 4) is 11.3 Å². The predicted octanol–water partition coefficient (Wildman–Crippen LogP) is 3.67. The van der Waals surface area contributed by atoms with Crippen molar-refractivity contribution in [1.82, 2.24) is 24.6 Å². The van der Waals surface area contributed by atoms with E-state index in [0.29, 0.717) is 40.6 Å². The maximum atomic E-state index is 13.8. The second-order valence-electron chi connectivity index (χ2n) is 8.02. The number of halogens is 2. The Bertz CT molecular complexity index is 1270. The number of rotatable bonds is 4. The highest BCUT2D eigenvalue weighted by atomic mass is 35.5. The lowest BCUT2D eigenvalue weighted by Crippen LogP contribution is -2.45. The molecule has 0 atom stereocenters. The molecule has 5 rings (SSSR count). The molecule has 3 heterocycles. The van der Waals surface area contributed by atoms with Gasteiger partial charge in [0.25, 0.3) is 0 Å². The van der Waals surface area contributed by atoms with E-state index in [1.165, 1.54) is 6.07 Å². The van der Waals surface area contributed by atoms with Gasteiger partial charge in [-0.2, -0.15) is 4.98 Å². The molecule has 4 aromatic rings. The summed E-state index contributed by atoms with van der Waals surface area (Å²) in [6.07, 6.45) is 0. The van der Waals surface area contributed by atoms with E-state index < -0.39 is 5.82 Å². The maximum absolute atomic E-state index is 13.8. The first kappa shape index (κ1) is 20.7. The molecule has 0 bridgehead atoms. The Morgan fingerprint density at radius 2 is 1.78 bits per heavy atom. The standard InChI is InChI=1S/C23H23ClFN7/c1-30-9-11-31(12-10-30)23-27-20(16-7-8-18(25)17(24)13-16)19-21(26)32(29-22(19)28-23)14-15-5-3-2-4-6-15/h2-8,13H,9-12,14,26H2,1H3. The summed E-state index contributed by atoms with van der Waals surface area (Å²) in [4.78, 5) is 14.0. The van der Waals surface area contributed by atoms with Crippen molar-refractivity contribution < 1.29 is 4.39 Å². The van der Waals surface area contributed by atoms with E-state index in [2.05, 4.69) is 16.8 Å². The maximum Gasteiger partial charge on any atom is 0.228 e. The molecule has 2 aromatic carbocycles. The number of hydrogen-bond donors (Lipinski definition) is 1. The molecule has 9 heteroatoms. The Morgan fingerprint density at radius 3 is 2.50 bits per heavy atom. The summed E-state index contributed by atoms with van der Waals surface area (Å²) >= 11 is 6.09. The van der Waals surface area contributed by atoms with Gasteiger partial charge in [0.2, 0.25) is 5.95 Å². The van der Waals surface area contributed by atoms with Crippen molar-refractivity contribution >= 4 is 34.4 Å². The fourth-order valence-electron chi connectivity index (χ4n) is 3.92. The van der Waals surface area contributed by atoms with Gasteiger partial charge in [-0.05, 0) is 30.8 Å². The first-order chi connectivity index (χ1) is 15.5. The lowest BCUT2D eigenvalue weighted by Gasteiger charge is -2.32. The highest BCUT2D eigenvalue weighted by Crippen LogP contribution is 2.34. The molecule has 1 fully saturated rings. The molecule has 1 aliphatic heterocycles. The largest absolute Gasteiger partial charge is 0.383 e. The summed E-state index contributed by atoms with van der Waals surface area (Å²) in [5.41, 5.74) is 9.39. The van der Waals surface area contributed by atoms with Crippen molar-refractivity contribution in [3.05, 3.63) is 64.9 Å². The number of hydrogen-bond acceptors (Lipinski definition) is 6. The Morgan fingerprint density at radius 1 is 1.03 bits per heavy atom. The first-order valence-corrected chi connectivity index (χ1v) is 10.8. The topological polar surface area (TPSA) is 76.1 Å². The Balaban J connectivity index is 1.66. The zero-order chi connectivity index (χ0) is 22.2. The molecule has 2 aromatic heterocycles. The third-order valence-electron chi connectivity index (χ3n) is 5.78. The molecule has 0 radical (unpaired) electrons. The van der Waals surface area contributed by atoms with Crippen molar-refractivity contribution in [2.75, 3.05) is 43.9 Å². The number of aromatic nitrogens is 4. The summed E-state index contributed by atoms with van der Waals surface area (Å²) in [6, 6.07) is 14.5. The third-order valence-corrected chi connectivity index (χ3v) is 6.07. The average molecular weight is 452 g/mol. The fourth-order valence-corrected chi connectivity index (χ4v) is 4.10. The molecular formula is C23H23ClFN7. The van der Waals surface area contributed by atoms with E-state index >= 15 is 0 Å². The number of fused-ring (bicyclic) bond motifs is 1. The van der Waals surface area contributed by atoms with Crippen LogP contribution in [0, 0.1) is 5.82 Å². The smallest absolute Gasteiger partial charge is 0.228 e. The van der Waals surface area contributed by atoms with Gasteiger partial charge in [-0.15, -0.1) is 5.10 Å². The molecule has 32 heavy (non-hydrogen) atoms. The van der Waals surface area contributed by atoms with Crippen molar-refractivity contribution in [3.63, 3.8) is 0 Å². The Kier molecular flexibility index (Phi) is 5.40. The summed E-state index contributed by atoms with van der Waals surface area (Å²) < 4.78 is 15.6. The van der Waals surface area contributed by atoms with Crippen LogP contribution in [0.3, 0.4) is 0 Å². The lowest BCUT2D eigenvalue weighted by atomic mass is 10.1. The van der Waals surface area contributed by atoms with E-state index in [-0.39, 0.29) is 5.02 Å². The molecule has 0 saturated carbocycles. The van der Waals surface area contributed by atoms with Crippen molar-refractivity contribution in [2.24, 2.45) is 0 Å². The van der Waals surface area contributed by atoms with Crippen molar-refractivity contribution in [1.29, 1.82) is 0 Å². The quantitative estimate of drug-likeness (QED) is 0.510. The Hall–Kier alpha value is -3.23. The van der Waals surface area contributed by atoms with Gasteiger partial charge in [-0.25, -0.2) is 14.1 Å². The van der Waals surface area contributed by atoms with Crippen LogP contribution in [0.25, 0.3) is 22.3 Å². The van der Waals surface area contributed by atoms with Gasteiger partial charge in [0.15, 0.2) is 5.65 Å². The first-order valence-electron chi connectivity index (χ1n) is 10.5. The number of benzene rings is 2. The number of piperazine rings is 1. The molecule has 1 saturated heterocycles. The van der Waals surface area contributed by atoms with Gasteiger partial charge < -0.3 is 15.5 Å². The van der Waals surface area contributed by atoms with E-state index in [4.69, 9.17) is 32.4 Å². The minimum absolute atomic E-state index is 0.0330. The molecule has 0 amide bonds. The van der Waals surface area contributed by atoms with Crippen LogP contribution in [0.4, 0.5) is 16.2 Å². The zero-order valence-electron chi connectivity index (χ0n) is 17.7. The minimum Gasteiger partial charge on any atom is -0.383 e. The van der Waals surface area contributed by atoms with Crippen LogP contribution in [0.5, 0.6) is 0 Å². The van der Waals surface area contributed by atoms with Gasteiger partial charge in [0.1, 0.15) is 11.6 Å². The van der Waals surface area contributed by atoms with Crippen LogP contribution < -0.4 is 10.6 Å². The second kappa shape index (κ2) is 8.37. The third kappa shape index (κ3) is 3.87. The summed E-state index contributed by atoms with van der Waals surface area (Å²) in [5, 5.41) is 5.37. The molecule has 164 valence electrons. The number of nitrogens with zero attached hydrogens (tertiary/aromatic N) is 6. The fraction of sp³-hybridized carbons (Fsp3) is 0.261. The normalized spacial score (nSPS) is 14.9. The summed E-state index contributed by atoms with van der Waals surface area (Å²) in [5.74, 6) is 0.572. The summed E-state index contributed by atoms with van der Waals surface area (Å²) in [6.45, 7) is 3.97. The van der Waals surface area contributed by atoms with Gasteiger partial charge in [-0.3, -0.25) is 0 Å². The summed E-state index contributed by atoms with van der Waals surface area (Å²) in [7, 11) is 2.10. The average Bonchev–Trinajstić information content (AvgIpc) is 3.11. The number of anilines is 2. The highest BCUT2D eigenvalue weighted by Gasteiger charge is 2.23. The van der Waals surface area contributed by atoms with Gasteiger partial charge in [0.05, 0.1) is 22.6 Å². The number of nitrogen functional groups attached to an aromatic ring is 1. The molecule has 0 spiro atoms. The minimum atomic E-state index is -0.479. The van der Waals surface area contributed by atoms with Crippen LogP contribution in [-0.2, 0) is 6.54 Å². The van der Waals surface area contributed by atoms with Gasteiger partial charge in [0, 0.05) is 31.7 Å². The van der Waals surface area contributed by atoms with E-state index in [0.717, 1.165) is 31.7 Å². The van der Waals surface area contributed by atoms with Crippen LogP contribution >= 0.6 is 11.6 Å². The van der Waals surface area contributed by atoms with Gasteiger partial charge in [-0.1, -0.05) is 41.9 Å². The lowest BCUT2D eigenvalue weighted by molar-refractivity contribution is 0.311. The van der Waals surface area contributed by atoms with Crippen LogP contribution in [0.1, 0.15) is 5.56 Å². The molecule has 0 unspecified atom stereocenters. The molecular weight excluding hydrogens is 429 g/mol. The predicted molar refractivity (Wildman–Crippen MR) is 125 cm³/mol. The highest BCUT2D eigenvalue weighted by molar-refractivity contribution is 6.31.